The zero-order valence-electron chi connectivity index (χ0n) is 26.1. The third-order valence-corrected chi connectivity index (χ3v) is 6.88. The molecule has 0 aliphatic rings. The minimum atomic E-state index is -0.811. The van der Waals surface area contributed by atoms with Crippen LogP contribution in [-0.4, -0.2) is 47.0 Å². The number of aryl methyl sites for hydroxylation is 1. The van der Waals surface area contributed by atoms with Gasteiger partial charge in [0.05, 0.1) is 0 Å². The Bertz CT molecular complexity index is 876. The molecule has 7 nitrogen and oxygen atoms in total. The summed E-state index contributed by atoms with van der Waals surface area (Å²) in [4.78, 5) is 42.5. The second-order valence-electron chi connectivity index (χ2n) is 12.0. The molecule has 0 spiro atoms. The van der Waals surface area contributed by atoms with Gasteiger partial charge >= 0.3 is 6.09 Å². The number of carbonyl (C=O) groups is 3. The van der Waals surface area contributed by atoms with Crippen LogP contribution >= 0.6 is 0 Å². The van der Waals surface area contributed by atoms with E-state index in [9.17, 15) is 14.4 Å². The Balaban J connectivity index is 3.46. The first-order valence-electron chi connectivity index (χ1n) is 15.0. The lowest BCUT2D eigenvalue weighted by Crippen LogP contribution is -2.55. The number of hydrogen-bond acceptors (Lipinski definition) is 4. The second-order valence-corrected chi connectivity index (χ2v) is 12.0. The number of carbonyl (C=O) groups excluding carboxylic acids is 3. The number of nitrogens with one attached hydrogen (secondary N) is 2. The molecule has 1 rings (SSSR count). The van der Waals surface area contributed by atoms with Gasteiger partial charge in [0.1, 0.15) is 17.7 Å². The van der Waals surface area contributed by atoms with E-state index in [-0.39, 0.29) is 23.8 Å². The molecule has 3 amide bonds. The SMILES string of the molecule is CCCCCCCCN(C(=O)C(NC(=O)OC(C)(C)C)C(C)CC)C(C(=O)NC(C)C)c1ccc(CC)cc1. The van der Waals surface area contributed by atoms with E-state index < -0.39 is 23.8 Å². The minimum absolute atomic E-state index is 0.0776. The van der Waals surface area contributed by atoms with Gasteiger partial charge < -0.3 is 20.3 Å². The molecule has 0 heterocycles. The average molecular weight is 546 g/mol. The Morgan fingerprint density at radius 1 is 0.872 bits per heavy atom. The van der Waals surface area contributed by atoms with Crippen molar-refractivity contribution < 1.29 is 19.1 Å². The summed E-state index contributed by atoms with van der Waals surface area (Å²) >= 11 is 0. The van der Waals surface area contributed by atoms with Crippen LogP contribution in [-0.2, 0) is 20.7 Å². The van der Waals surface area contributed by atoms with Crippen LogP contribution in [0, 0.1) is 5.92 Å². The van der Waals surface area contributed by atoms with Crippen LogP contribution in [0.25, 0.3) is 0 Å². The Kier molecular flexibility index (Phi) is 15.2. The quantitative estimate of drug-likeness (QED) is 0.220. The fourth-order valence-corrected chi connectivity index (χ4v) is 4.50. The number of nitrogens with zero attached hydrogens (tertiary/aromatic N) is 1. The van der Waals surface area contributed by atoms with Crippen LogP contribution in [0.1, 0.15) is 124 Å². The van der Waals surface area contributed by atoms with Crippen molar-refractivity contribution in [2.24, 2.45) is 5.92 Å². The van der Waals surface area contributed by atoms with Crippen LogP contribution in [0.3, 0.4) is 0 Å². The van der Waals surface area contributed by atoms with E-state index in [0.29, 0.717) is 13.0 Å². The van der Waals surface area contributed by atoms with Crippen LogP contribution in [0.4, 0.5) is 4.79 Å². The number of unbranched alkanes of at least 4 members (excludes halogenated alkanes) is 5. The van der Waals surface area contributed by atoms with Crippen molar-refractivity contribution in [3.63, 3.8) is 0 Å². The zero-order chi connectivity index (χ0) is 29.6. The van der Waals surface area contributed by atoms with Crippen molar-refractivity contribution in [3.8, 4) is 0 Å². The van der Waals surface area contributed by atoms with Crippen LogP contribution in [0.15, 0.2) is 24.3 Å². The van der Waals surface area contributed by atoms with Crippen molar-refractivity contribution in [2.45, 2.75) is 137 Å². The van der Waals surface area contributed by atoms with Gasteiger partial charge in [-0.3, -0.25) is 9.59 Å². The van der Waals surface area contributed by atoms with Crippen LogP contribution < -0.4 is 10.6 Å². The molecule has 222 valence electrons. The molecule has 3 atom stereocenters. The fraction of sp³-hybridized carbons (Fsp3) is 0.719. The lowest BCUT2D eigenvalue weighted by molar-refractivity contribution is -0.143. The highest BCUT2D eigenvalue weighted by Crippen LogP contribution is 2.26. The highest BCUT2D eigenvalue weighted by molar-refractivity contribution is 5.92. The summed E-state index contributed by atoms with van der Waals surface area (Å²) in [6.07, 6.45) is 7.33. The molecule has 2 N–H and O–H groups in total. The molecule has 0 aliphatic carbocycles. The van der Waals surface area contributed by atoms with E-state index in [1.54, 1.807) is 25.7 Å². The van der Waals surface area contributed by atoms with Gasteiger partial charge in [-0.2, -0.15) is 0 Å². The van der Waals surface area contributed by atoms with Gasteiger partial charge in [0.15, 0.2) is 0 Å². The Labute approximate surface area is 237 Å². The molecule has 7 heteroatoms. The van der Waals surface area contributed by atoms with Crippen molar-refractivity contribution >= 4 is 17.9 Å². The first-order chi connectivity index (χ1) is 18.3. The number of alkyl carbamates (subject to hydrolysis) is 1. The minimum Gasteiger partial charge on any atom is -0.444 e. The van der Waals surface area contributed by atoms with Crippen LogP contribution in [0.5, 0.6) is 0 Å². The van der Waals surface area contributed by atoms with Crippen molar-refractivity contribution in [1.29, 1.82) is 0 Å². The molecule has 0 fully saturated rings. The summed E-state index contributed by atoms with van der Waals surface area (Å²) in [5.41, 5.74) is 1.25. The molecule has 1 aromatic carbocycles. The number of ether oxygens (including phenoxy) is 1. The highest BCUT2D eigenvalue weighted by atomic mass is 16.6. The van der Waals surface area contributed by atoms with E-state index in [2.05, 4.69) is 24.5 Å². The summed E-state index contributed by atoms with van der Waals surface area (Å²) in [6.45, 7) is 17.9. The predicted octanol–water partition coefficient (Wildman–Crippen LogP) is 6.94. The van der Waals surface area contributed by atoms with E-state index in [1.165, 1.54) is 18.4 Å². The fourth-order valence-electron chi connectivity index (χ4n) is 4.50. The molecule has 0 aliphatic heterocycles. The second kappa shape index (κ2) is 17.2. The normalized spacial score (nSPS) is 13.9. The van der Waals surface area contributed by atoms with E-state index in [0.717, 1.165) is 37.7 Å². The highest BCUT2D eigenvalue weighted by Gasteiger charge is 2.38. The van der Waals surface area contributed by atoms with Gasteiger partial charge in [-0.15, -0.1) is 0 Å². The van der Waals surface area contributed by atoms with Gasteiger partial charge in [0, 0.05) is 12.6 Å². The first-order valence-corrected chi connectivity index (χ1v) is 15.0. The van der Waals surface area contributed by atoms with E-state index in [4.69, 9.17) is 4.74 Å². The molecule has 0 aromatic heterocycles. The Morgan fingerprint density at radius 3 is 1.97 bits per heavy atom. The molecular weight excluding hydrogens is 490 g/mol. The number of benzene rings is 1. The van der Waals surface area contributed by atoms with Crippen molar-refractivity contribution in [2.75, 3.05) is 6.54 Å². The third-order valence-electron chi connectivity index (χ3n) is 6.88. The van der Waals surface area contributed by atoms with Gasteiger partial charge in [0.2, 0.25) is 11.8 Å². The third kappa shape index (κ3) is 12.4. The summed E-state index contributed by atoms with van der Waals surface area (Å²) < 4.78 is 5.50. The number of hydrogen-bond donors (Lipinski definition) is 2. The smallest absolute Gasteiger partial charge is 0.408 e. The predicted molar refractivity (Wildman–Crippen MR) is 160 cm³/mol. The summed E-state index contributed by atoms with van der Waals surface area (Å²) in [6, 6.07) is 6.25. The van der Waals surface area contributed by atoms with Gasteiger partial charge in [0.25, 0.3) is 0 Å². The topological polar surface area (TPSA) is 87.7 Å². The van der Waals surface area contributed by atoms with E-state index >= 15 is 0 Å². The standard InChI is InChI=1S/C32H55N3O4/c1-10-13-14-15-16-17-22-35(30(37)27(24(6)11-2)34-31(38)39-32(7,8)9)28(29(36)33-23(4)5)26-20-18-25(12-3)19-21-26/h18-21,23-24,27-28H,10-17,22H2,1-9H3,(H,33,36)(H,34,38). The average Bonchev–Trinajstić information content (AvgIpc) is 2.86. The van der Waals surface area contributed by atoms with Crippen LogP contribution in [0.2, 0.25) is 0 Å². The molecule has 0 saturated heterocycles. The molecule has 3 unspecified atom stereocenters. The maximum atomic E-state index is 14.3. The molecule has 0 radical (unpaired) electrons. The summed E-state index contributed by atoms with van der Waals surface area (Å²) in [5, 5.41) is 5.88. The Morgan fingerprint density at radius 2 is 1.46 bits per heavy atom. The zero-order valence-corrected chi connectivity index (χ0v) is 26.1. The van der Waals surface area contributed by atoms with Gasteiger partial charge in [-0.1, -0.05) is 90.5 Å². The molecule has 0 saturated carbocycles. The Hall–Kier alpha value is -2.57. The number of rotatable bonds is 16. The molecular formula is C32H55N3O4. The largest absolute Gasteiger partial charge is 0.444 e. The lowest BCUT2D eigenvalue weighted by Gasteiger charge is -2.36. The van der Waals surface area contributed by atoms with Crippen molar-refractivity contribution in [3.05, 3.63) is 35.4 Å². The first kappa shape index (κ1) is 34.5. The maximum Gasteiger partial charge on any atom is 0.408 e. The molecule has 0 bridgehead atoms. The lowest BCUT2D eigenvalue weighted by atomic mass is 9.95. The molecule has 1 aromatic rings. The van der Waals surface area contributed by atoms with Gasteiger partial charge in [-0.05, 0) is 64.5 Å². The summed E-state index contributed by atoms with van der Waals surface area (Å²) in [5.74, 6) is -0.616. The monoisotopic (exact) mass is 545 g/mol. The summed E-state index contributed by atoms with van der Waals surface area (Å²) in [7, 11) is 0. The van der Waals surface area contributed by atoms with Gasteiger partial charge in [-0.25, -0.2) is 4.79 Å². The van der Waals surface area contributed by atoms with Crippen molar-refractivity contribution in [1.82, 2.24) is 15.5 Å². The molecule has 39 heavy (non-hydrogen) atoms. The maximum absolute atomic E-state index is 14.3. The number of amides is 3. The van der Waals surface area contributed by atoms with E-state index in [1.807, 2.05) is 52.0 Å².